The summed E-state index contributed by atoms with van der Waals surface area (Å²) >= 11 is 0. The Morgan fingerprint density at radius 1 is 0.369 bits per heavy atom. The first-order valence-corrected chi connectivity index (χ1v) is 29.1. The van der Waals surface area contributed by atoms with E-state index < -0.39 is 20.2 Å². The third-order valence-corrected chi connectivity index (χ3v) is 14.8. The zero-order chi connectivity index (χ0) is 46.1. The van der Waals surface area contributed by atoms with Gasteiger partial charge in [-0.1, -0.05) is 231 Å². The van der Waals surface area contributed by atoms with E-state index in [-0.39, 0.29) is 59.9 Å². The fourth-order valence-corrected chi connectivity index (χ4v) is 10.6. The molecular weight excluding hydrogens is 881 g/mol. The van der Waals surface area contributed by atoms with Gasteiger partial charge in [-0.05, 0) is 49.9 Å². The van der Waals surface area contributed by atoms with Crippen molar-refractivity contribution in [3.05, 3.63) is 36.4 Å². The van der Waals surface area contributed by atoms with Gasteiger partial charge >= 0.3 is 37.7 Å². The summed E-state index contributed by atoms with van der Waals surface area (Å²) in [5, 5.41) is 12.9. The Morgan fingerprint density at radius 3 is 0.831 bits per heavy atom. The molecule has 4 N–H and O–H groups in total. The molecule has 0 saturated carbocycles. The van der Waals surface area contributed by atoms with Gasteiger partial charge in [0.05, 0.1) is 44.9 Å². The monoisotopic (exact) mass is 971 g/mol. The Bertz CT molecular complexity index is 1610. The third kappa shape index (κ3) is 26.9. The number of hydrogen-bond donors (Lipinski definition) is 4. The molecule has 0 radical (unpaired) electrons. The van der Waals surface area contributed by atoms with Crippen molar-refractivity contribution in [1.82, 2.24) is 0 Å². The van der Waals surface area contributed by atoms with Crippen molar-refractivity contribution in [1.29, 1.82) is 0 Å². The Kier molecular flexibility index (Phi) is 33.8. The first kappa shape index (κ1) is 59.8. The van der Waals surface area contributed by atoms with E-state index in [1.54, 1.807) is 12.1 Å². The molecule has 0 saturated heterocycles. The molecule has 0 fully saturated rings. The largest absolute Gasteiger partial charge is 2.00 e. The molecule has 368 valence electrons. The van der Waals surface area contributed by atoms with Crippen LogP contribution in [0.3, 0.4) is 0 Å². The van der Waals surface area contributed by atoms with Crippen LogP contribution in [0.15, 0.2) is 46.2 Å². The van der Waals surface area contributed by atoms with Gasteiger partial charge in [0.25, 0.3) is 0 Å². The molecular formula is C52H90CaN4O6S2. The Balaban J connectivity index is 0.000000440. The van der Waals surface area contributed by atoms with Gasteiger partial charge in [0.1, 0.15) is 20.2 Å². The van der Waals surface area contributed by atoms with Gasteiger partial charge < -0.3 is 30.4 Å². The van der Waals surface area contributed by atoms with E-state index in [0.717, 1.165) is 25.7 Å². The Labute approximate surface area is 428 Å². The van der Waals surface area contributed by atoms with Crippen LogP contribution >= 0.6 is 0 Å². The van der Waals surface area contributed by atoms with Gasteiger partial charge in [0.2, 0.25) is 0 Å². The SMILES string of the molecule is CCCCCCCCCCCCCCCCCCCC1Nc2cccc(S(=O)(=O)[O-])c2N1.CCCCCCCCCCCCCCCCCCCC1Nc2cccc(S(=O)(=O)[O-])c2N1.[Ca+2]. The fourth-order valence-electron chi connectivity index (χ4n) is 9.25. The van der Waals surface area contributed by atoms with Gasteiger partial charge in [0, 0.05) is 0 Å². The molecule has 0 spiro atoms. The average Bonchev–Trinajstić information content (AvgIpc) is 3.89. The molecule has 65 heavy (non-hydrogen) atoms. The number of anilines is 4. The number of unbranched alkanes of at least 4 members (excludes halogenated alkanes) is 32. The zero-order valence-electron chi connectivity index (χ0n) is 41.0. The van der Waals surface area contributed by atoms with Gasteiger partial charge in [0.15, 0.2) is 0 Å². The molecule has 2 atom stereocenters. The van der Waals surface area contributed by atoms with E-state index in [0.29, 0.717) is 22.7 Å². The summed E-state index contributed by atoms with van der Waals surface area (Å²) in [7, 11) is -8.91. The van der Waals surface area contributed by atoms with Crippen molar-refractivity contribution in [3.8, 4) is 0 Å². The van der Waals surface area contributed by atoms with Gasteiger partial charge in [-0.15, -0.1) is 0 Å². The predicted octanol–water partition coefficient (Wildman–Crippen LogP) is 15.2. The van der Waals surface area contributed by atoms with Crippen LogP contribution in [-0.4, -0.2) is 76.0 Å². The summed E-state index contributed by atoms with van der Waals surface area (Å²) in [5.74, 6) is 0. The minimum Gasteiger partial charge on any atom is -0.744 e. The normalized spacial score (nSPS) is 15.1. The van der Waals surface area contributed by atoms with Crippen LogP contribution in [0.25, 0.3) is 0 Å². The summed E-state index contributed by atoms with van der Waals surface area (Å²) in [6.07, 6.45) is 48.0. The summed E-state index contributed by atoms with van der Waals surface area (Å²) in [6.45, 7) is 4.55. The van der Waals surface area contributed by atoms with Crippen molar-refractivity contribution < 1.29 is 25.9 Å². The van der Waals surface area contributed by atoms with Crippen molar-refractivity contribution in [3.63, 3.8) is 0 Å². The number of rotatable bonds is 38. The molecule has 2 unspecified atom stereocenters. The molecule has 13 heteroatoms. The second-order valence-electron chi connectivity index (χ2n) is 18.8. The van der Waals surface area contributed by atoms with E-state index in [1.807, 2.05) is 12.1 Å². The molecule has 2 heterocycles. The number of benzene rings is 2. The first-order chi connectivity index (χ1) is 31.0. The molecule has 0 amide bonds. The number of hydrogen-bond acceptors (Lipinski definition) is 10. The van der Waals surface area contributed by atoms with Crippen LogP contribution in [0.5, 0.6) is 0 Å². The molecule has 0 aromatic heterocycles. The summed E-state index contributed by atoms with van der Waals surface area (Å²) < 4.78 is 68.4. The Morgan fingerprint density at radius 2 is 0.600 bits per heavy atom. The van der Waals surface area contributed by atoms with Crippen LogP contribution in [0.1, 0.15) is 245 Å². The smallest absolute Gasteiger partial charge is 0.744 e. The van der Waals surface area contributed by atoms with Crippen LogP contribution in [0.4, 0.5) is 22.7 Å². The number of nitrogens with one attached hydrogen (secondary N) is 4. The molecule has 2 aromatic carbocycles. The van der Waals surface area contributed by atoms with Gasteiger partial charge in [-0.2, -0.15) is 0 Å². The maximum atomic E-state index is 11.4. The molecule has 4 rings (SSSR count). The van der Waals surface area contributed by atoms with E-state index in [9.17, 15) is 25.9 Å². The first-order valence-electron chi connectivity index (χ1n) is 26.3. The molecule has 10 nitrogen and oxygen atoms in total. The van der Waals surface area contributed by atoms with E-state index >= 15 is 0 Å². The number of para-hydroxylation sites is 2. The standard InChI is InChI=1S/2C26H46N2O3S.Ca/c2*1-2-3-4-5-6-7-8-9-10-11-12-13-14-15-16-17-18-22-25-27-23-20-19-21-24(26(23)28-25)32(29,30)31;/h2*19-21,25,27-28H,2-18,22H2,1H3,(H,29,30,31);/q;;+2/p-2. The quantitative estimate of drug-likeness (QED) is 0.0289. The summed E-state index contributed by atoms with van der Waals surface area (Å²) in [5.41, 5.74) is 2.27. The van der Waals surface area contributed by atoms with E-state index in [1.165, 1.54) is 218 Å². The maximum absolute atomic E-state index is 11.4. The molecule has 2 aliphatic rings. The predicted molar refractivity (Wildman–Crippen MR) is 274 cm³/mol. The van der Waals surface area contributed by atoms with E-state index in [4.69, 9.17) is 0 Å². The van der Waals surface area contributed by atoms with Crippen molar-refractivity contribution in [2.45, 2.75) is 267 Å². The minimum absolute atomic E-state index is 0. The fraction of sp³-hybridized carbons (Fsp3) is 0.769. The van der Waals surface area contributed by atoms with Crippen LogP contribution in [-0.2, 0) is 20.2 Å². The van der Waals surface area contributed by atoms with Crippen molar-refractivity contribution in [2.75, 3.05) is 21.3 Å². The Hall–Kier alpha value is -1.28. The van der Waals surface area contributed by atoms with Crippen LogP contribution in [0.2, 0.25) is 0 Å². The topological polar surface area (TPSA) is 163 Å². The minimum atomic E-state index is -4.46. The van der Waals surface area contributed by atoms with Gasteiger partial charge in [-0.25, -0.2) is 16.8 Å². The van der Waals surface area contributed by atoms with Crippen LogP contribution in [0, 0.1) is 0 Å². The summed E-state index contributed by atoms with van der Waals surface area (Å²) in [4.78, 5) is -0.320. The van der Waals surface area contributed by atoms with Crippen molar-refractivity contribution in [2.24, 2.45) is 0 Å². The molecule has 0 bridgehead atoms. The van der Waals surface area contributed by atoms with Crippen molar-refractivity contribution >= 4 is 80.7 Å². The molecule has 0 aliphatic carbocycles. The maximum Gasteiger partial charge on any atom is 2.00 e. The van der Waals surface area contributed by atoms with E-state index in [2.05, 4.69) is 35.1 Å². The summed E-state index contributed by atoms with van der Waals surface area (Å²) in [6, 6.07) is 9.57. The van der Waals surface area contributed by atoms with Crippen LogP contribution < -0.4 is 21.3 Å². The molecule has 2 aliphatic heterocycles. The van der Waals surface area contributed by atoms with Gasteiger partial charge in [-0.3, -0.25) is 0 Å². The number of fused-ring (bicyclic) bond motifs is 2. The third-order valence-electron chi connectivity index (χ3n) is 13.1. The second kappa shape index (κ2) is 36.7. The molecule has 2 aromatic rings. The zero-order valence-corrected chi connectivity index (χ0v) is 44.9. The average molecular weight is 972 g/mol. The second-order valence-corrected chi connectivity index (χ2v) is 21.5.